The molecule has 0 atom stereocenters. The lowest BCUT2D eigenvalue weighted by Crippen LogP contribution is -2.25. The van der Waals surface area contributed by atoms with Crippen LogP contribution in [-0.4, -0.2) is 4.57 Å². The molecule has 0 aliphatic heterocycles. The third kappa shape index (κ3) is 3.07. The molecule has 0 aliphatic carbocycles. The van der Waals surface area contributed by atoms with Crippen molar-refractivity contribution in [2.75, 3.05) is 0 Å². The van der Waals surface area contributed by atoms with Gasteiger partial charge in [-0.25, -0.2) is 9.59 Å². The van der Waals surface area contributed by atoms with Gasteiger partial charge in [0.1, 0.15) is 0 Å². The summed E-state index contributed by atoms with van der Waals surface area (Å²) in [7, 11) is 0. The summed E-state index contributed by atoms with van der Waals surface area (Å²) in [6, 6.07) is 22.8. The molecule has 128 valence electrons. The first kappa shape index (κ1) is 16.4. The van der Waals surface area contributed by atoms with Gasteiger partial charge in [0.15, 0.2) is 0 Å². The van der Waals surface area contributed by atoms with Crippen molar-refractivity contribution < 1.29 is 4.42 Å². The summed E-state index contributed by atoms with van der Waals surface area (Å²) in [5, 5.41) is 0.709. The van der Waals surface area contributed by atoms with E-state index in [1.807, 2.05) is 54.6 Å². The third-order valence-electron chi connectivity index (χ3n) is 4.27. The Balaban J connectivity index is 1.74. The Morgan fingerprint density at radius 2 is 1.54 bits per heavy atom. The van der Waals surface area contributed by atoms with E-state index in [-0.39, 0.29) is 5.39 Å². The third-order valence-corrected chi connectivity index (χ3v) is 4.51. The molecule has 0 spiro atoms. The molecule has 4 aromatic rings. The number of benzene rings is 3. The van der Waals surface area contributed by atoms with Crippen molar-refractivity contribution >= 4 is 22.5 Å². The monoisotopic (exact) mass is 363 g/mol. The normalized spacial score (nSPS) is 11.0. The van der Waals surface area contributed by atoms with Crippen molar-refractivity contribution in [2.24, 2.45) is 0 Å². The zero-order valence-electron chi connectivity index (χ0n) is 13.7. The Morgan fingerprint density at radius 3 is 2.27 bits per heavy atom. The van der Waals surface area contributed by atoms with E-state index in [0.29, 0.717) is 17.1 Å². The summed E-state index contributed by atoms with van der Waals surface area (Å²) < 4.78 is 6.27. The van der Waals surface area contributed by atoms with E-state index < -0.39 is 11.4 Å². The second-order valence-electron chi connectivity index (χ2n) is 5.97. The molecular formula is C21H14ClNO3. The van der Waals surface area contributed by atoms with Gasteiger partial charge in [0.25, 0.3) is 0 Å². The fourth-order valence-electron chi connectivity index (χ4n) is 2.96. The first-order chi connectivity index (χ1) is 12.6. The van der Waals surface area contributed by atoms with Crippen molar-refractivity contribution in [3.63, 3.8) is 0 Å². The molecule has 0 saturated heterocycles. The number of rotatable bonds is 3. The van der Waals surface area contributed by atoms with Crippen LogP contribution in [0.1, 0.15) is 5.56 Å². The second-order valence-corrected chi connectivity index (χ2v) is 6.40. The van der Waals surface area contributed by atoms with Crippen LogP contribution in [-0.2, 0) is 6.54 Å². The van der Waals surface area contributed by atoms with E-state index >= 15 is 0 Å². The van der Waals surface area contributed by atoms with Crippen LogP contribution in [0, 0.1) is 0 Å². The Labute approximate surface area is 153 Å². The van der Waals surface area contributed by atoms with Gasteiger partial charge in [-0.1, -0.05) is 66.2 Å². The zero-order valence-corrected chi connectivity index (χ0v) is 14.4. The Kier molecular flexibility index (Phi) is 4.19. The molecule has 3 aromatic carbocycles. The van der Waals surface area contributed by atoms with Crippen LogP contribution in [0.4, 0.5) is 0 Å². The number of hydrogen-bond acceptors (Lipinski definition) is 3. The van der Waals surface area contributed by atoms with E-state index in [1.165, 1.54) is 10.6 Å². The summed E-state index contributed by atoms with van der Waals surface area (Å²) >= 11 is 5.95. The first-order valence-corrected chi connectivity index (χ1v) is 8.47. The van der Waals surface area contributed by atoms with Crippen molar-refractivity contribution in [1.82, 2.24) is 4.57 Å². The van der Waals surface area contributed by atoms with Crippen LogP contribution < -0.4 is 11.4 Å². The molecule has 0 N–H and O–H groups in total. The quantitative estimate of drug-likeness (QED) is 0.544. The van der Waals surface area contributed by atoms with E-state index in [0.717, 1.165) is 16.7 Å². The lowest BCUT2D eigenvalue weighted by atomic mass is 10.0. The van der Waals surface area contributed by atoms with E-state index in [4.69, 9.17) is 16.0 Å². The van der Waals surface area contributed by atoms with Gasteiger partial charge < -0.3 is 4.42 Å². The SMILES string of the molecule is O=c1oc(=O)n(Cc2ccc(-c3ccccc3)cc2)c2ccc(Cl)cc12. The first-order valence-electron chi connectivity index (χ1n) is 8.09. The van der Waals surface area contributed by atoms with Gasteiger partial charge in [0, 0.05) is 5.02 Å². The highest BCUT2D eigenvalue weighted by molar-refractivity contribution is 6.31. The summed E-state index contributed by atoms with van der Waals surface area (Å²) in [6.45, 7) is 0.301. The molecule has 0 aliphatic rings. The molecule has 0 radical (unpaired) electrons. The fraction of sp³-hybridized carbons (Fsp3) is 0.0476. The van der Waals surface area contributed by atoms with E-state index in [2.05, 4.69) is 0 Å². The Hall–Kier alpha value is -3.11. The number of hydrogen-bond donors (Lipinski definition) is 0. The molecule has 1 heterocycles. The van der Waals surface area contributed by atoms with Crippen LogP contribution >= 0.6 is 11.6 Å². The van der Waals surface area contributed by atoms with Gasteiger partial charge in [0.2, 0.25) is 0 Å². The second kappa shape index (κ2) is 6.65. The molecule has 0 unspecified atom stereocenters. The predicted octanol–water partition coefficient (Wildman–Crippen LogP) is 4.32. The average Bonchev–Trinajstić information content (AvgIpc) is 2.66. The van der Waals surface area contributed by atoms with Gasteiger partial charge in [-0.15, -0.1) is 0 Å². The van der Waals surface area contributed by atoms with Crippen LogP contribution in [0.15, 0.2) is 86.8 Å². The molecular weight excluding hydrogens is 350 g/mol. The smallest absolute Gasteiger partial charge is 0.372 e. The minimum Gasteiger partial charge on any atom is -0.372 e. The van der Waals surface area contributed by atoms with Gasteiger partial charge in [-0.05, 0) is 34.9 Å². The van der Waals surface area contributed by atoms with Crippen molar-refractivity contribution in [2.45, 2.75) is 6.54 Å². The molecule has 0 bridgehead atoms. The lowest BCUT2D eigenvalue weighted by molar-refractivity contribution is 0.425. The number of halogens is 1. The molecule has 0 fully saturated rings. The van der Waals surface area contributed by atoms with Gasteiger partial charge in [-0.2, -0.15) is 0 Å². The molecule has 5 heteroatoms. The van der Waals surface area contributed by atoms with Crippen molar-refractivity contribution in [3.05, 3.63) is 104 Å². The van der Waals surface area contributed by atoms with Crippen LogP contribution in [0.2, 0.25) is 5.02 Å². The van der Waals surface area contributed by atoms with E-state index in [1.54, 1.807) is 12.1 Å². The van der Waals surface area contributed by atoms with Gasteiger partial charge >= 0.3 is 11.4 Å². The minimum atomic E-state index is -0.683. The molecule has 0 amide bonds. The van der Waals surface area contributed by atoms with Crippen molar-refractivity contribution in [1.29, 1.82) is 0 Å². The Morgan fingerprint density at radius 1 is 0.846 bits per heavy atom. The lowest BCUT2D eigenvalue weighted by Gasteiger charge is -2.09. The highest BCUT2D eigenvalue weighted by Crippen LogP contribution is 2.20. The van der Waals surface area contributed by atoms with Crippen molar-refractivity contribution in [3.8, 4) is 11.1 Å². The highest BCUT2D eigenvalue weighted by Gasteiger charge is 2.10. The summed E-state index contributed by atoms with van der Waals surface area (Å²) in [6.07, 6.45) is 0. The van der Waals surface area contributed by atoms with E-state index in [9.17, 15) is 9.59 Å². The summed E-state index contributed by atoms with van der Waals surface area (Å²) in [5.74, 6) is -0.683. The fourth-order valence-corrected chi connectivity index (χ4v) is 3.13. The molecule has 1 aromatic heterocycles. The number of aromatic nitrogens is 1. The number of fused-ring (bicyclic) bond motifs is 1. The molecule has 4 rings (SSSR count). The molecule has 0 saturated carbocycles. The molecule has 4 nitrogen and oxygen atoms in total. The summed E-state index contributed by atoms with van der Waals surface area (Å²) in [5.41, 5.74) is 2.97. The molecule has 26 heavy (non-hydrogen) atoms. The van der Waals surface area contributed by atoms with Gasteiger partial charge in [0.05, 0.1) is 17.4 Å². The standard InChI is InChI=1S/C21H14ClNO3/c22-17-10-11-19-18(12-17)20(24)26-21(25)23(19)13-14-6-8-16(9-7-14)15-4-2-1-3-5-15/h1-12H,13H2. The maximum Gasteiger partial charge on any atom is 0.422 e. The topological polar surface area (TPSA) is 52.2 Å². The zero-order chi connectivity index (χ0) is 18.1. The van der Waals surface area contributed by atoms with Crippen LogP contribution in [0.25, 0.3) is 22.0 Å². The van der Waals surface area contributed by atoms with Gasteiger partial charge in [-0.3, -0.25) is 4.57 Å². The average molecular weight is 364 g/mol. The Bertz CT molecular complexity index is 1190. The largest absolute Gasteiger partial charge is 0.422 e. The summed E-state index contributed by atoms with van der Waals surface area (Å²) in [4.78, 5) is 24.1. The minimum absolute atomic E-state index is 0.290. The van der Waals surface area contributed by atoms with Crippen LogP contribution in [0.3, 0.4) is 0 Å². The van der Waals surface area contributed by atoms with Crippen LogP contribution in [0.5, 0.6) is 0 Å². The number of nitrogens with zero attached hydrogens (tertiary/aromatic N) is 1. The maximum atomic E-state index is 12.2. The predicted molar refractivity (Wildman–Crippen MR) is 103 cm³/mol. The maximum absolute atomic E-state index is 12.2. The highest BCUT2D eigenvalue weighted by atomic mass is 35.5.